The van der Waals surface area contributed by atoms with Crippen LogP contribution >= 0.6 is 0 Å². The molecule has 0 aliphatic rings. The number of ether oxygens (including phenoxy) is 1. The highest BCUT2D eigenvalue weighted by molar-refractivity contribution is 5.99. The number of hydrogen-bond acceptors (Lipinski definition) is 5. The van der Waals surface area contributed by atoms with E-state index in [1.54, 1.807) is 30.3 Å². The molecule has 0 aliphatic carbocycles. The Balaban J connectivity index is 2.09. The third kappa shape index (κ3) is 4.55. The molecule has 24 heavy (non-hydrogen) atoms. The summed E-state index contributed by atoms with van der Waals surface area (Å²) in [5, 5.41) is 11.9. The van der Waals surface area contributed by atoms with E-state index >= 15 is 0 Å². The van der Waals surface area contributed by atoms with Gasteiger partial charge in [-0.05, 0) is 29.8 Å². The number of benzene rings is 2. The highest BCUT2D eigenvalue weighted by Gasteiger charge is 2.07. The minimum atomic E-state index is -0.450. The minimum absolute atomic E-state index is 0.0813. The first-order valence-electron chi connectivity index (χ1n) is 7.26. The first-order valence-corrected chi connectivity index (χ1v) is 7.26. The lowest BCUT2D eigenvalue weighted by Crippen LogP contribution is -2.14. The first-order chi connectivity index (χ1) is 11.6. The van der Waals surface area contributed by atoms with Gasteiger partial charge in [-0.15, -0.1) is 0 Å². The van der Waals surface area contributed by atoms with Crippen molar-refractivity contribution in [2.24, 2.45) is 0 Å². The van der Waals surface area contributed by atoms with E-state index in [1.165, 1.54) is 13.2 Å². The lowest BCUT2D eigenvalue weighted by atomic mass is 10.1. The van der Waals surface area contributed by atoms with Gasteiger partial charge in [0.25, 0.3) is 0 Å². The normalized spacial score (nSPS) is 10.2. The molecule has 2 aromatic rings. The minimum Gasteiger partial charge on any atom is -0.466 e. The van der Waals surface area contributed by atoms with E-state index in [-0.39, 0.29) is 12.3 Å². The van der Waals surface area contributed by atoms with Crippen LogP contribution in [0.15, 0.2) is 54.6 Å². The molecule has 0 unspecified atom stereocenters. The molecule has 0 atom stereocenters. The second-order valence-electron chi connectivity index (χ2n) is 4.91. The van der Waals surface area contributed by atoms with Gasteiger partial charge in [-0.25, -0.2) is 4.79 Å². The molecule has 0 radical (unpaired) electrons. The number of esters is 1. The highest BCUT2D eigenvalue weighted by Crippen LogP contribution is 2.17. The molecule has 0 saturated carbocycles. The van der Waals surface area contributed by atoms with Crippen molar-refractivity contribution in [1.82, 2.24) is 0 Å². The van der Waals surface area contributed by atoms with Crippen LogP contribution in [0, 0.1) is 11.3 Å². The van der Waals surface area contributed by atoms with Crippen molar-refractivity contribution < 1.29 is 14.3 Å². The summed E-state index contributed by atoms with van der Waals surface area (Å²) in [6.07, 6.45) is 2.94. The molecule has 5 heteroatoms. The summed E-state index contributed by atoms with van der Waals surface area (Å²) < 4.78 is 4.56. The smallest absolute Gasteiger partial charge is 0.330 e. The molecule has 1 N–H and O–H groups in total. The third-order valence-electron chi connectivity index (χ3n) is 3.31. The van der Waals surface area contributed by atoms with E-state index in [2.05, 4.69) is 10.1 Å². The molecule has 0 bridgehead atoms. The predicted octanol–water partition coefficient (Wildman–Crippen LogP) is 3.04. The molecular formula is C19H16N2O3. The van der Waals surface area contributed by atoms with E-state index in [0.29, 0.717) is 11.1 Å². The average Bonchev–Trinajstić information content (AvgIpc) is 2.64. The maximum Gasteiger partial charge on any atom is 0.330 e. The average molecular weight is 320 g/mol. The molecule has 0 fully saturated rings. The number of Topliss-reactive ketones (excluding diaryl/α,β-unsaturated/α-hetero) is 1. The van der Waals surface area contributed by atoms with Gasteiger partial charge in [-0.1, -0.05) is 30.3 Å². The van der Waals surface area contributed by atoms with Crippen LogP contribution in [-0.2, 0) is 9.53 Å². The van der Waals surface area contributed by atoms with Gasteiger partial charge in [0.1, 0.15) is 0 Å². The summed E-state index contributed by atoms with van der Waals surface area (Å²) in [6, 6.07) is 15.9. The molecule has 2 rings (SSSR count). The molecule has 0 aliphatic heterocycles. The fourth-order valence-corrected chi connectivity index (χ4v) is 2.07. The van der Waals surface area contributed by atoms with Crippen LogP contribution in [0.2, 0.25) is 0 Å². The van der Waals surface area contributed by atoms with Crippen molar-refractivity contribution in [3.8, 4) is 6.07 Å². The van der Waals surface area contributed by atoms with Crippen LogP contribution in [0.4, 0.5) is 5.69 Å². The number of nitriles is 1. The number of nitrogens with zero attached hydrogens (tertiary/aromatic N) is 1. The molecule has 0 spiro atoms. The summed E-state index contributed by atoms with van der Waals surface area (Å²) in [6.45, 7) is 0.0813. The summed E-state index contributed by atoms with van der Waals surface area (Å²) in [7, 11) is 1.31. The molecule has 120 valence electrons. The third-order valence-corrected chi connectivity index (χ3v) is 3.31. The van der Waals surface area contributed by atoms with Gasteiger partial charge in [0.2, 0.25) is 0 Å². The Morgan fingerprint density at radius 3 is 2.75 bits per heavy atom. The summed E-state index contributed by atoms with van der Waals surface area (Å²) in [4.78, 5) is 23.4. The van der Waals surface area contributed by atoms with Crippen molar-refractivity contribution in [3.05, 3.63) is 71.3 Å². The van der Waals surface area contributed by atoms with E-state index in [9.17, 15) is 9.59 Å². The van der Waals surface area contributed by atoms with Gasteiger partial charge in [-0.3, -0.25) is 4.79 Å². The number of para-hydroxylation sites is 1. The SMILES string of the molecule is COC(=O)/C=C/c1ccccc1NCC(=O)c1cccc(C#N)c1. The number of ketones is 1. The molecule has 0 amide bonds. The number of methoxy groups -OCH3 is 1. The summed E-state index contributed by atoms with van der Waals surface area (Å²) >= 11 is 0. The molecule has 0 saturated heterocycles. The Morgan fingerprint density at radius 1 is 1.21 bits per heavy atom. The maximum absolute atomic E-state index is 12.2. The van der Waals surface area contributed by atoms with Gasteiger partial charge in [0, 0.05) is 17.3 Å². The van der Waals surface area contributed by atoms with E-state index in [1.807, 2.05) is 30.3 Å². The van der Waals surface area contributed by atoms with Crippen LogP contribution in [0.1, 0.15) is 21.5 Å². The van der Waals surface area contributed by atoms with Crippen molar-refractivity contribution >= 4 is 23.5 Å². The zero-order chi connectivity index (χ0) is 17.4. The van der Waals surface area contributed by atoms with Gasteiger partial charge >= 0.3 is 5.97 Å². The summed E-state index contributed by atoms with van der Waals surface area (Å²) in [5.74, 6) is -0.576. The van der Waals surface area contributed by atoms with E-state index < -0.39 is 5.97 Å². The lowest BCUT2D eigenvalue weighted by molar-refractivity contribution is -0.134. The van der Waals surface area contributed by atoms with Crippen LogP contribution in [0.3, 0.4) is 0 Å². The van der Waals surface area contributed by atoms with E-state index in [0.717, 1.165) is 11.3 Å². The Morgan fingerprint density at radius 2 is 2.00 bits per heavy atom. The monoisotopic (exact) mass is 320 g/mol. The van der Waals surface area contributed by atoms with Crippen molar-refractivity contribution in [2.45, 2.75) is 0 Å². The predicted molar refractivity (Wildman–Crippen MR) is 91.5 cm³/mol. The largest absolute Gasteiger partial charge is 0.466 e. The number of carbonyl (C=O) groups is 2. The van der Waals surface area contributed by atoms with Crippen LogP contribution < -0.4 is 5.32 Å². The number of anilines is 1. The zero-order valence-corrected chi connectivity index (χ0v) is 13.2. The van der Waals surface area contributed by atoms with Gasteiger partial charge in [-0.2, -0.15) is 5.26 Å². The van der Waals surface area contributed by atoms with Crippen LogP contribution in [0.5, 0.6) is 0 Å². The standard InChI is InChI=1S/C19H16N2O3/c1-24-19(23)10-9-15-6-2-3-8-17(15)21-13-18(22)16-7-4-5-14(11-16)12-20/h2-11,21H,13H2,1H3/b10-9+. The molecule has 0 aromatic heterocycles. The van der Waals surface area contributed by atoms with Crippen LogP contribution in [-0.4, -0.2) is 25.4 Å². The lowest BCUT2D eigenvalue weighted by Gasteiger charge is -2.09. The number of hydrogen-bond donors (Lipinski definition) is 1. The maximum atomic E-state index is 12.2. The van der Waals surface area contributed by atoms with Crippen molar-refractivity contribution in [3.63, 3.8) is 0 Å². The Bertz CT molecular complexity index is 819. The quantitative estimate of drug-likeness (QED) is 0.503. The fraction of sp³-hybridized carbons (Fsp3) is 0.105. The second-order valence-corrected chi connectivity index (χ2v) is 4.91. The Labute approximate surface area is 140 Å². The molecule has 2 aromatic carbocycles. The fourth-order valence-electron chi connectivity index (χ4n) is 2.07. The number of rotatable bonds is 6. The Hall–Kier alpha value is -3.39. The topological polar surface area (TPSA) is 79.2 Å². The van der Waals surface area contributed by atoms with Gasteiger partial charge < -0.3 is 10.1 Å². The van der Waals surface area contributed by atoms with Crippen molar-refractivity contribution in [2.75, 3.05) is 19.0 Å². The first kappa shape index (κ1) is 17.0. The highest BCUT2D eigenvalue weighted by atomic mass is 16.5. The zero-order valence-electron chi connectivity index (χ0n) is 13.2. The molecule has 0 heterocycles. The molecule has 5 nitrogen and oxygen atoms in total. The van der Waals surface area contributed by atoms with E-state index in [4.69, 9.17) is 5.26 Å². The second kappa shape index (κ2) is 8.30. The van der Waals surface area contributed by atoms with Gasteiger partial charge in [0.15, 0.2) is 5.78 Å². The Kier molecular flexibility index (Phi) is 5.87. The van der Waals surface area contributed by atoms with Gasteiger partial charge in [0.05, 0.1) is 25.3 Å². The van der Waals surface area contributed by atoms with Crippen molar-refractivity contribution in [1.29, 1.82) is 5.26 Å². The summed E-state index contributed by atoms with van der Waals surface area (Å²) in [5.41, 5.74) is 2.41. The number of nitrogens with one attached hydrogen (secondary N) is 1. The molecular weight excluding hydrogens is 304 g/mol. The number of carbonyl (C=O) groups excluding carboxylic acids is 2. The van der Waals surface area contributed by atoms with Crippen LogP contribution in [0.25, 0.3) is 6.08 Å².